The number of hydrogen-bond acceptors (Lipinski definition) is 3. The second-order valence-corrected chi connectivity index (χ2v) is 5.40. The van der Waals surface area contributed by atoms with E-state index < -0.39 is 0 Å². The molecule has 3 rings (SSSR count). The third-order valence-corrected chi connectivity index (χ3v) is 3.62. The summed E-state index contributed by atoms with van der Waals surface area (Å²) in [5.74, 6) is 1.25. The van der Waals surface area contributed by atoms with Gasteiger partial charge in [-0.1, -0.05) is 29.8 Å². The van der Waals surface area contributed by atoms with E-state index in [1.165, 1.54) is 5.56 Å². The summed E-state index contributed by atoms with van der Waals surface area (Å²) >= 11 is 0. The summed E-state index contributed by atoms with van der Waals surface area (Å²) in [5, 5.41) is 2.90. The molecule has 0 aliphatic carbocycles. The molecule has 1 atom stereocenters. The molecular weight excluding hydrogens is 278 g/mol. The van der Waals surface area contributed by atoms with Crippen LogP contribution in [0.5, 0.6) is 11.5 Å². The summed E-state index contributed by atoms with van der Waals surface area (Å²) < 4.78 is 11.3. The molecule has 1 unspecified atom stereocenters. The van der Waals surface area contributed by atoms with E-state index >= 15 is 0 Å². The van der Waals surface area contributed by atoms with Gasteiger partial charge in [0.05, 0.1) is 5.69 Å². The first-order valence-corrected chi connectivity index (χ1v) is 7.48. The molecule has 1 aliphatic rings. The molecule has 1 amide bonds. The van der Waals surface area contributed by atoms with Gasteiger partial charge in [-0.25, -0.2) is 0 Å². The molecule has 1 aliphatic heterocycles. The Morgan fingerprint density at radius 2 is 1.95 bits per heavy atom. The van der Waals surface area contributed by atoms with Crippen LogP contribution < -0.4 is 10.1 Å². The van der Waals surface area contributed by atoms with Gasteiger partial charge in [0, 0.05) is 6.61 Å². The van der Waals surface area contributed by atoms with E-state index in [1.807, 2.05) is 55.5 Å². The van der Waals surface area contributed by atoms with Crippen molar-refractivity contribution >= 4 is 11.6 Å². The molecule has 114 valence electrons. The maximum absolute atomic E-state index is 12.2. The van der Waals surface area contributed by atoms with Gasteiger partial charge in [-0.15, -0.1) is 0 Å². The highest BCUT2D eigenvalue weighted by Crippen LogP contribution is 2.30. The number of aryl methyl sites for hydroxylation is 1. The van der Waals surface area contributed by atoms with Crippen LogP contribution in [-0.4, -0.2) is 18.6 Å². The molecule has 0 spiro atoms. The van der Waals surface area contributed by atoms with E-state index in [9.17, 15) is 4.79 Å². The largest absolute Gasteiger partial charge is 0.455 e. The Morgan fingerprint density at radius 1 is 1.18 bits per heavy atom. The Kier molecular flexibility index (Phi) is 4.39. The third kappa shape index (κ3) is 3.46. The van der Waals surface area contributed by atoms with Gasteiger partial charge in [-0.2, -0.15) is 0 Å². The van der Waals surface area contributed by atoms with E-state index in [2.05, 4.69) is 5.32 Å². The van der Waals surface area contributed by atoms with Crippen molar-refractivity contribution in [2.75, 3.05) is 11.9 Å². The first kappa shape index (κ1) is 14.6. The number of carbonyl (C=O) groups is 1. The fourth-order valence-electron chi connectivity index (χ4n) is 2.39. The number of anilines is 1. The Hall–Kier alpha value is -2.33. The van der Waals surface area contributed by atoms with Crippen molar-refractivity contribution in [3.63, 3.8) is 0 Å². The Morgan fingerprint density at radius 3 is 2.68 bits per heavy atom. The predicted molar refractivity (Wildman–Crippen MR) is 85.3 cm³/mol. The van der Waals surface area contributed by atoms with Crippen LogP contribution in [0.2, 0.25) is 0 Å². The van der Waals surface area contributed by atoms with Crippen molar-refractivity contribution in [3.8, 4) is 11.5 Å². The van der Waals surface area contributed by atoms with Crippen LogP contribution in [0.3, 0.4) is 0 Å². The van der Waals surface area contributed by atoms with Crippen LogP contribution in [0, 0.1) is 6.92 Å². The van der Waals surface area contributed by atoms with Crippen LogP contribution in [0.4, 0.5) is 5.69 Å². The quantitative estimate of drug-likeness (QED) is 0.931. The minimum atomic E-state index is -0.354. The monoisotopic (exact) mass is 297 g/mol. The number of rotatable bonds is 4. The molecule has 0 saturated carbocycles. The maximum Gasteiger partial charge on any atom is 0.253 e. The number of benzene rings is 2. The molecule has 1 fully saturated rings. The van der Waals surface area contributed by atoms with Gasteiger partial charge in [0.1, 0.15) is 11.9 Å². The van der Waals surface area contributed by atoms with Crippen LogP contribution in [0.15, 0.2) is 48.5 Å². The molecule has 22 heavy (non-hydrogen) atoms. The fraction of sp³-hybridized carbons (Fsp3) is 0.278. The number of nitrogens with one attached hydrogen (secondary N) is 1. The van der Waals surface area contributed by atoms with Crippen molar-refractivity contribution < 1.29 is 14.3 Å². The topological polar surface area (TPSA) is 47.6 Å². The van der Waals surface area contributed by atoms with Crippen molar-refractivity contribution in [2.45, 2.75) is 25.9 Å². The van der Waals surface area contributed by atoms with Crippen molar-refractivity contribution in [1.82, 2.24) is 0 Å². The van der Waals surface area contributed by atoms with Gasteiger partial charge in [-0.3, -0.25) is 4.79 Å². The Bertz CT molecular complexity index is 646. The lowest BCUT2D eigenvalue weighted by Gasteiger charge is -2.14. The number of para-hydroxylation sites is 2. The van der Waals surface area contributed by atoms with Gasteiger partial charge in [0.15, 0.2) is 5.75 Å². The molecule has 2 aromatic carbocycles. The van der Waals surface area contributed by atoms with E-state index in [0.717, 1.165) is 18.6 Å². The number of ether oxygens (including phenoxy) is 2. The lowest BCUT2D eigenvalue weighted by atomic mass is 10.2. The van der Waals surface area contributed by atoms with Gasteiger partial charge < -0.3 is 14.8 Å². The first-order chi connectivity index (χ1) is 10.7. The summed E-state index contributed by atoms with van der Waals surface area (Å²) in [5.41, 5.74) is 1.83. The third-order valence-electron chi connectivity index (χ3n) is 3.62. The highest BCUT2D eigenvalue weighted by Gasteiger charge is 2.24. The average Bonchev–Trinajstić information content (AvgIpc) is 3.06. The molecular formula is C18H19NO3. The predicted octanol–water partition coefficient (Wildman–Crippen LogP) is 3.90. The van der Waals surface area contributed by atoms with Crippen molar-refractivity contribution in [3.05, 3.63) is 54.1 Å². The van der Waals surface area contributed by atoms with Crippen LogP contribution >= 0.6 is 0 Å². The summed E-state index contributed by atoms with van der Waals surface area (Å²) in [7, 11) is 0. The number of carbonyl (C=O) groups excluding carboxylic acids is 1. The van der Waals surface area contributed by atoms with E-state index in [0.29, 0.717) is 18.0 Å². The molecule has 4 heteroatoms. The van der Waals surface area contributed by atoms with Crippen LogP contribution in [-0.2, 0) is 9.53 Å². The van der Waals surface area contributed by atoms with Crippen LogP contribution in [0.1, 0.15) is 18.4 Å². The SMILES string of the molecule is Cc1ccc(Oc2ccccc2NC(=O)C2CCCO2)cc1. The van der Waals surface area contributed by atoms with Gasteiger partial charge in [-0.05, 0) is 44.0 Å². The molecule has 1 saturated heterocycles. The smallest absolute Gasteiger partial charge is 0.253 e. The summed E-state index contributed by atoms with van der Waals surface area (Å²) in [6.07, 6.45) is 1.35. The molecule has 1 heterocycles. The Labute approximate surface area is 130 Å². The molecule has 2 aromatic rings. The first-order valence-electron chi connectivity index (χ1n) is 7.48. The molecule has 0 aromatic heterocycles. The second-order valence-electron chi connectivity index (χ2n) is 5.40. The van der Waals surface area contributed by atoms with Gasteiger partial charge >= 0.3 is 0 Å². The molecule has 1 N–H and O–H groups in total. The molecule has 0 bridgehead atoms. The zero-order valence-electron chi connectivity index (χ0n) is 12.5. The highest BCUT2D eigenvalue weighted by atomic mass is 16.5. The number of amides is 1. The molecule has 0 radical (unpaired) electrons. The number of hydrogen-bond donors (Lipinski definition) is 1. The maximum atomic E-state index is 12.2. The normalized spacial score (nSPS) is 17.2. The zero-order valence-corrected chi connectivity index (χ0v) is 12.5. The second kappa shape index (κ2) is 6.62. The van der Waals surface area contributed by atoms with E-state index in [-0.39, 0.29) is 12.0 Å². The average molecular weight is 297 g/mol. The zero-order chi connectivity index (χ0) is 15.4. The van der Waals surface area contributed by atoms with Crippen molar-refractivity contribution in [1.29, 1.82) is 0 Å². The fourth-order valence-corrected chi connectivity index (χ4v) is 2.39. The van der Waals surface area contributed by atoms with E-state index in [1.54, 1.807) is 0 Å². The minimum Gasteiger partial charge on any atom is -0.455 e. The summed E-state index contributed by atoms with van der Waals surface area (Å²) in [6, 6.07) is 15.2. The van der Waals surface area contributed by atoms with Crippen LogP contribution in [0.25, 0.3) is 0 Å². The molecule has 4 nitrogen and oxygen atoms in total. The van der Waals surface area contributed by atoms with Crippen molar-refractivity contribution in [2.24, 2.45) is 0 Å². The summed E-state index contributed by atoms with van der Waals surface area (Å²) in [4.78, 5) is 12.2. The lowest BCUT2D eigenvalue weighted by molar-refractivity contribution is -0.124. The highest BCUT2D eigenvalue weighted by molar-refractivity contribution is 5.95. The minimum absolute atomic E-state index is 0.113. The van der Waals surface area contributed by atoms with Gasteiger partial charge in [0.2, 0.25) is 0 Å². The Balaban J connectivity index is 1.74. The lowest BCUT2D eigenvalue weighted by Crippen LogP contribution is -2.26. The standard InChI is InChI=1S/C18H19NO3/c1-13-8-10-14(11-9-13)22-16-6-3-2-5-15(16)19-18(20)17-7-4-12-21-17/h2-3,5-6,8-11,17H,4,7,12H2,1H3,(H,19,20). The van der Waals surface area contributed by atoms with E-state index in [4.69, 9.17) is 9.47 Å². The summed E-state index contributed by atoms with van der Waals surface area (Å²) in [6.45, 7) is 2.68. The van der Waals surface area contributed by atoms with Gasteiger partial charge in [0.25, 0.3) is 5.91 Å².